The number of nitrogens with two attached hydrogens (primary N) is 2. The molecule has 6 heterocycles. The lowest BCUT2D eigenvalue weighted by molar-refractivity contribution is -0.0643. The normalized spacial score (nSPS) is 32.3. The first-order valence-corrected chi connectivity index (χ1v) is 19.7. The van der Waals surface area contributed by atoms with Gasteiger partial charge in [-0.1, -0.05) is 0 Å². The Kier molecular flexibility index (Phi) is 12.5. The summed E-state index contributed by atoms with van der Waals surface area (Å²) < 4.78 is 66.2. The number of anilines is 2. The molecule has 0 spiro atoms. The zero-order chi connectivity index (χ0) is 41.6. The largest absolute Gasteiger partial charge is 0.472 e. The lowest BCUT2D eigenvalue weighted by atomic mass is 10.1. The van der Waals surface area contributed by atoms with E-state index >= 15 is 0 Å². The second kappa shape index (κ2) is 16.7. The molecule has 314 valence electrons. The third-order valence-electron chi connectivity index (χ3n) is 9.04. The summed E-state index contributed by atoms with van der Waals surface area (Å²) >= 11 is 0. The number of aromatic amines is 1. The average Bonchev–Trinajstić information content (AvgIpc) is 3.76. The van der Waals surface area contributed by atoms with E-state index in [1.165, 1.54) is 19.2 Å². The molecule has 0 bridgehead atoms. The van der Waals surface area contributed by atoms with Crippen LogP contribution in [0.4, 0.5) is 11.6 Å². The van der Waals surface area contributed by atoms with Gasteiger partial charge in [-0.25, -0.2) is 23.5 Å². The summed E-state index contributed by atoms with van der Waals surface area (Å²) in [7, 11) is -10.5. The highest BCUT2D eigenvalue weighted by Crippen LogP contribution is 2.52. The summed E-state index contributed by atoms with van der Waals surface area (Å²) in [6.07, 6.45) is -14.8. The van der Waals surface area contributed by atoms with Crippen LogP contribution in [0.3, 0.4) is 0 Å². The van der Waals surface area contributed by atoms with E-state index in [0.29, 0.717) is 0 Å². The molecule has 13 atom stereocenters. The Labute approximate surface area is 317 Å². The standard InChI is InChI=1S/C28H38N8O19P2/c1-11-7-36(28(44)33-23(11)41)18-6-12(13(8-37)51-18)54-56(45,46)50-10-15-22(21(40)25(53-15)35-5-3-17(30)32-27(35)43)55-57(47,48)49-9-14-19(38)20(39)24(52-14)34-4-2-16(29)31-26(34)42/h2-5,7,12-15,18-22,24-25,37-40H,6,8-10H2,1H3,(H,45,46)(H,47,48)(H2,29,31,42)(H2,30,32,43)(H,33,41,44)/t12-,13+,14+,15+,18+,19+,20+,21+,22+,24+,25+/m0/s1. The Balaban J connectivity index is 1.15. The number of phosphoric acid groups is 2. The number of hydrogen-bond acceptors (Lipinski definition) is 21. The van der Waals surface area contributed by atoms with Crippen molar-refractivity contribution in [2.24, 2.45) is 0 Å². The van der Waals surface area contributed by atoms with Gasteiger partial charge in [0.1, 0.15) is 66.7 Å². The van der Waals surface area contributed by atoms with E-state index in [1.807, 2.05) is 0 Å². The molecule has 11 N–H and O–H groups in total. The quantitative estimate of drug-likeness (QED) is 0.0692. The van der Waals surface area contributed by atoms with E-state index in [4.69, 9.17) is 43.8 Å². The first kappa shape index (κ1) is 42.6. The summed E-state index contributed by atoms with van der Waals surface area (Å²) in [4.78, 5) is 79.5. The predicted octanol–water partition coefficient (Wildman–Crippen LogP) is -4.32. The highest BCUT2D eigenvalue weighted by Gasteiger charge is 2.51. The molecule has 3 aliphatic rings. The molecule has 3 aliphatic heterocycles. The van der Waals surface area contributed by atoms with Gasteiger partial charge < -0.3 is 55.9 Å². The molecule has 2 unspecified atom stereocenters. The molecule has 0 aliphatic carbocycles. The molecule has 57 heavy (non-hydrogen) atoms. The van der Waals surface area contributed by atoms with Crippen LogP contribution < -0.4 is 34.1 Å². The minimum Gasteiger partial charge on any atom is -0.394 e. The molecule has 0 amide bonds. The van der Waals surface area contributed by atoms with Gasteiger partial charge >= 0.3 is 32.7 Å². The van der Waals surface area contributed by atoms with Gasteiger partial charge in [0.05, 0.1) is 19.8 Å². The van der Waals surface area contributed by atoms with E-state index in [0.717, 1.165) is 32.2 Å². The number of hydrogen-bond donors (Lipinski definition) is 9. The van der Waals surface area contributed by atoms with Crippen molar-refractivity contribution in [3.63, 3.8) is 0 Å². The van der Waals surface area contributed by atoms with Gasteiger partial charge in [0, 0.05) is 30.6 Å². The van der Waals surface area contributed by atoms with E-state index in [-0.39, 0.29) is 23.6 Å². The van der Waals surface area contributed by atoms with E-state index in [2.05, 4.69) is 15.0 Å². The van der Waals surface area contributed by atoms with Crippen molar-refractivity contribution in [2.75, 3.05) is 31.3 Å². The molecule has 27 nitrogen and oxygen atoms in total. The van der Waals surface area contributed by atoms with Crippen molar-refractivity contribution in [3.8, 4) is 0 Å². The molecule has 3 aromatic heterocycles. The van der Waals surface area contributed by atoms with Gasteiger partial charge in [-0.05, 0) is 19.1 Å². The van der Waals surface area contributed by atoms with Crippen molar-refractivity contribution in [1.29, 1.82) is 0 Å². The minimum atomic E-state index is -5.35. The Morgan fingerprint density at radius 3 is 1.93 bits per heavy atom. The number of rotatable bonds is 14. The van der Waals surface area contributed by atoms with Gasteiger partial charge in [0.2, 0.25) is 0 Å². The molecular formula is C28H38N8O19P2. The van der Waals surface area contributed by atoms with Gasteiger partial charge in [-0.15, -0.1) is 0 Å². The summed E-state index contributed by atoms with van der Waals surface area (Å²) in [5.74, 6) is -0.340. The molecule has 6 rings (SSSR count). The fourth-order valence-corrected chi connectivity index (χ4v) is 8.14. The molecule has 3 saturated heterocycles. The van der Waals surface area contributed by atoms with Gasteiger partial charge in [0.15, 0.2) is 12.5 Å². The fraction of sp³-hybridized carbons (Fsp3) is 0.571. The van der Waals surface area contributed by atoms with E-state index < -0.39 is 126 Å². The first-order valence-electron chi connectivity index (χ1n) is 16.7. The second-order valence-corrected chi connectivity index (χ2v) is 15.8. The second-order valence-electron chi connectivity index (χ2n) is 13.0. The number of H-pyrrole nitrogens is 1. The third-order valence-corrected chi connectivity index (χ3v) is 11.0. The van der Waals surface area contributed by atoms with Crippen LogP contribution in [-0.4, -0.2) is 128 Å². The number of nitrogens with zero attached hydrogens (tertiary/aromatic N) is 5. The molecular weight excluding hydrogens is 814 g/mol. The number of aryl methyl sites for hydroxylation is 1. The Bertz CT molecular complexity index is 2290. The van der Waals surface area contributed by atoms with Gasteiger partial charge in [-0.3, -0.25) is 41.6 Å². The van der Waals surface area contributed by atoms with Crippen LogP contribution in [0.2, 0.25) is 0 Å². The number of phosphoric ester groups is 2. The van der Waals surface area contributed by atoms with Crippen LogP contribution in [0.15, 0.2) is 49.9 Å². The maximum absolute atomic E-state index is 13.2. The van der Waals surface area contributed by atoms with Crippen LogP contribution in [0.25, 0.3) is 0 Å². The van der Waals surface area contributed by atoms with Gasteiger partial charge in [-0.2, -0.15) is 9.97 Å². The van der Waals surface area contributed by atoms with Crippen LogP contribution in [-0.2, 0) is 41.4 Å². The lowest BCUT2D eigenvalue weighted by Gasteiger charge is -2.25. The Morgan fingerprint density at radius 2 is 1.35 bits per heavy atom. The van der Waals surface area contributed by atoms with Crippen molar-refractivity contribution in [1.82, 2.24) is 28.7 Å². The maximum atomic E-state index is 13.2. The van der Waals surface area contributed by atoms with Crippen molar-refractivity contribution in [2.45, 2.75) is 80.9 Å². The Morgan fingerprint density at radius 1 is 0.807 bits per heavy atom. The third kappa shape index (κ3) is 9.33. The van der Waals surface area contributed by atoms with Crippen molar-refractivity contribution in [3.05, 3.63) is 78.1 Å². The predicted molar refractivity (Wildman–Crippen MR) is 185 cm³/mol. The zero-order valence-electron chi connectivity index (χ0n) is 29.3. The SMILES string of the molecule is Cc1cn([C@H]2C[C@H](OP(=O)(O)OC[C@H]3O[C@@H](n4ccc(N)nc4=O)[C@H](O)[C@@H]3OP(=O)(O)OC[C@H]3O[C@@H](n4ccc(N)nc4=O)[C@H](O)[C@@H]3O)[C@@H](CO)O2)c(=O)[nH]c1=O. The topological polar surface area (TPSA) is 397 Å². The minimum absolute atomic E-state index is 0.136. The average molecular weight is 853 g/mol. The summed E-state index contributed by atoms with van der Waals surface area (Å²) in [6.45, 7) is -1.31. The van der Waals surface area contributed by atoms with E-state index in [9.17, 15) is 58.5 Å². The molecule has 0 aromatic carbocycles. The Hall–Kier alpha value is -4.02. The summed E-state index contributed by atoms with van der Waals surface area (Å²) in [5, 5.41) is 42.1. The maximum Gasteiger partial charge on any atom is 0.472 e. The van der Waals surface area contributed by atoms with Crippen molar-refractivity contribution >= 4 is 27.3 Å². The number of nitrogens with one attached hydrogen (secondary N) is 1. The molecule has 3 aromatic rings. The van der Waals surface area contributed by atoms with Crippen LogP contribution in [0, 0.1) is 6.92 Å². The van der Waals surface area contributed by atoms with Crippen LogP contribution in [0.1, 0.15) is 30.7 Å². The molecule has 3 fully saturated rings. The number of nitrogen functional groups attached to an aromatic ring is 2. The number of aromatic nitrogens is 6. The highest BCUT2D eigenvalue weighted by atomic mass is 31.2. The zero-order valence-corrected chi connectivity index (χ0v) is 31.1. The molecule has 0 radical (unpaired) electrons. The first-order chi connectivity index (χ1) is 26.8. The van der Waals surface area contributed by atoms with Crippen molar-refractivity contribution < 1.29 is 71.6 Å². The monoisotopic (exact) mass is 852 g/mol. The number of aliphatic hydroxyl groups excluding tert-OH is 4. The molecule has 29 heteroatoms. The van der Waals surface area contributed by atoms with Crippen LogP contribution >= 0.6 is 15.6 Å². The van der Waals surface area contributed by atoms with Crippen LogP contribution in [0.5, 0.6) is 0 Å². The fourth-order valence-electron chi connectivity index (χ4n) is 6.22. The molecule has 0 saturated carbocycles. The van der Waals surface area contributed by atoms with E-state index in [1.54, 1.807) is 0 Å². The summed E-state index contributed by atoms with van der Waals surface area (Å²) in [6, 6.07) is 2.38. The number of aliphatic hydroxyl groups is 4. The van der Waals surface area contributed by atoms with Gasteiger partial charge in [0.25, 0.3) is 5.56 Å². The lowest BCUT2D eigenvalue weighted by Crippen LogP contribution is -2.38. The number of ether oxygens (including phenoxy) is 3. The summed E-state index contributed by atoms with van der Waals surface area (Å²) in [5.41, 5.74) is 7.66. The smallest absolute Gasteiger partial charge is 0.394 e. The highest BCUT2D eigenvalue weighted by molar-refractivity contribution is 7.47.